The molecule has 0 fully saturated rings. The first-order valence-electron chi connectivity index (χ1n) is 6.87. The summed E-state index contributed by atoms with van der Waals surface area (Å²) in [5, 5.41) is 3.30. The Labute approximate surface area is 119 Å². The molecule has 0 heterocycles. The summed E-state index contributed by atoms with van der Waals surface area (Å²) in [5.74, 6) is 0.684. The maximum absolute atomic E-state index is 12.9. The van der Waals surface area contributed by atoms with E-state index in [1.165, 1.54) is 17.7 Å². The SMILES string of the molecule is CCOc1ccc(C(Cc2ccc(F)cc2)NC)cc1. The molecule has 2 aromatic carbocycles. The number of halogens is 1. The summed E-state index contributed by atoms with van der Waals surface area (Å²) in [6.45, 7) is 2.64. The van der Waals surface area contributed by atoms with Crippen LogP contribution < -0.4 is 10.1 Å². The second kappa shape index (κ2) is 7.06. The molecular weight excluding hydrogens is 253 g/mol. The third-order valence-corrected chi connectivity index (χ3v) is 3.30. The Hall–Kier alpha value is -1.87. The average Bonchev–Trinajstić information content (AvgIpc) is 2.48. The van der Waals surface area contributed by atoms with Crippen LogP contribution in [0, 0.1) is 5.82 Å². The zero-order chi connectivity index (χ0) is 14.4. The highest BCUT2D eigenvalue weighted by Crippen LogP contribution is 2.21. The minimum Gasteiger partial charge on any atom is -0.494 e. The minimum atomic E-state index is -0.198. The van der Waals surface area contributed by atoms with Gasteiger partial charge in [-0.2, -0.15) is 0 Å². The quantitative estimate of drug-likeness (QED) is 0.866. The van der Waals surface area contributed by atoms with Crippen molar-refractivity contribution in [3.8, 4) is 5.75 Å². The van der Waals surface area contributed by atoms with Gasteiger partial charge in [-0.3, -0.25) is 0 Å². The Bertz CT molecular complexity index is 522. The van der Waals surface area contributed by atoms with E-state index in [2.05, 4.69) is 17.4 Å². The fraction of sp³-hybridized carbons (Fsp3) is 0.294. The first-order chi connectivity index (χ1) is 9.72. The van der Waals surface area contributed by atoms with Crippen LogP contribution >= 0.6 is 0 Å². The topological polar surface area (TPSA) is 21.3 Å². The van der Waals surface area contributed by atoms with Gasteiger partial charge in [0.25, 0.3) is 0 Å². The molecule has 0 aliphatic rings. The number of likely N-dealkylation sites (N-methyl/N-ethyl adjacent to an activating group) is 1. The molecule has 0 amide bonds. The number of benzene rings is 2. The third-order valence-electron chi connectivity index (χ3n) is 3.30. The summed E-state index contributed by atoms with van der Waals surface area (Å²) >= 11 is 0. The van der Waals surface area contributed by atoms with Gasteiger partial charge in [-0.1, -0.05) is 24.3 Å². The smallest absolute Gasteiger partial charge is 0.123 e. The highest BCUT2D eigenvalue weighted by molar-refractivity contribution is 5.30. The number of rotatable bonds is 6. The van der Waals surface area contributed by atoms with E-state index in [1.54, 1.807) is 0 Å². The molecule has 106 valence electrons. The molecule has 2 rings (SSSR count). The molecule has 0 bridgehead atoms. The summed E-state index contributed by atoms with van der Waals surface area (Å²) in [4.78, 5) is 0. The van der Waals surface area contributed by atoms with Crippen molar-refractivity contribution in [2.45, 2.75) is 19.4 Å². The predicted molar refractivity (Wildman–Crippen MR) is 79.5 cm³/mol. The lowest BCUT2D eigenvalue weighted by Crippen LogP contribution is -2.18. The van der Waals surface area contributed by atoms with Crippen LogP contribution in [-0.4, -0.2) is 13.7 Å². The van der Waals surface area contributed by atoms with Crippen molar-refractivity contribution in [1.82, 2.24) is 5.32 Å². The van der Waals surface area contributed by atoms with Crippen LogP contribution in [0.4, 0.5) is 4.39 Å². The third kappa shape index (κ3) is 3.81. The van der Waals surface area contributed by atoms with E-state index in [4.69, 9.17) is 4.74 Å². The molecule has 2 nitrogen and oxygen atoms in total. The van der Waals surface area contributed by atoms with Gasteiger partial charge in [0.15, 0.2) is 0 Å². The molecule has 1 N–H and O–H groups in total. The van der Waals surface area contributed by atoms with Crippen LogP contribution in [0.1, 0.15) is 24.1 Å². The van der Waals surface area contributed by atoms with Crippen molar-refractivity contribution in [3.63, 3.8) is 0 Å². The molecule has 1 atom stereocenters. The highest BCUT2D eigenvalue weighted by atomic mass is 19.1. The standard InChI is InChI=1S/C17H20FNO/c1-3-20-16-10-6-14(7-11-16)17(19-2)12-13-4-8-15(18)9-5-13/h4-11,17,19H,3,12H2,1-2H3. The lowest BCUT2D eigenvalue weighted by atomic mass is 9.99. The summed E-state index contributed by atoms with van der Waals surface area (Å²) in [6, 6.07) is 15.0. The van der Waals surface area contributed by atoms with Crippen molar-refractivity contribution in [1.29, 1.82) is 0 Å². The van der Waals surface area contributed by atoms with Gasteiger partial charge in [-0.05, 0) is 55.8 Å². The summed E-state index contributed by atoms with van der Waals surface area (Å²) in [5.41, 5.74) is 2.31. The van der Waals surface area contributed by atoms with Crippen LogP contribution in [0.3, 0.4) is 0 Å². The van der Waals surface area contributed by atoms with Gasteiger partial charge < -0.3 is 10.1 Å². The number of nitrogens with one attached hydrogen (secondary N) is 1. The monoisotopic (exact) mass is 273 g/mol. The van der Waals surface area contributed by atoms with Gasteiger partial charge in [0, 0.05) is 6.04 Å². The number of hydrogen-bond acceptors (Lipinski definition) is 2. The Morgan fingerprint density at radius 3 is 2.25 bits per heavy atom. The number of hydrogen-bond donors (Lipinski definition) is 1. The van der Waals surface area contributed by atoms with E-state index >= 15 is 0 Å². The van der Waals surface area contributed by atoms with Crippen LogP contribution in [0.25, 0.3) is 0 Å². The van der Waals surface area contributed by atoms with Crippen molar-refractivity contribution < 1.29 is 9.13 Å². The van der Waals surface area contributed by atoms with Crippen LogP contribution in [0.5, 0.6) is 5.75 Å². The Kier molecular flexibility index (Phi) is 5.13. The van der Waals surface area contributed by atoms with Gasteiger partial charge in [-0.15, -0.1) is 0 Å². The van der Waals surface area contributed by atoms with Crippen molar-refractivity contribution in [2.24, 2.45) is 0 Å². The first-order valence-corrected chi connectivity index (χ1v) is 6.87. The molecular formula is C17H20FNO. The maximum atomic E-state index is 12.9. The zero-order valence-electron chi connectivity index (χ0n) is 11.9. The maximum Gasteiger partial charge on any atom is 0.123 e. The van der Waals surface area contributed by atoms with Crippen LogP contribution in [-0.2, 0) is 6.42 Å². The van der Waals surface area contributed by atoms with Crippen molar-refractivity contribution in [2.75, 3.05) is 13.7 Å². The summed E-state index contributed by atoms with van der Waals surface area (Å²) in [6.07, 6.45) is 0.824. The van der Waals surface area contributed by atoms with E-state index in [0.29, 0.717) is 6.61 Å². The number of ether oxygens (including phenoxy) is 1. The largest absolute Gasteiger partial charge is 0.494 e. The zero-order valence-corrected chi connectivity index (χ0v) is 11.9. The molecule has 0 aromatic heterocycles. The van der Waals surface area contributed by atoms with E-state index in [-0.39, 0.29) is 11.9 Å². The van der Waals surface area contributed by atoms with E-state index in [1.807, 2.05) is 38.2 Å². The molecule has 1 unspecified atom stereocenters. The second-order valence-electron chi connectivity index (χ2n) is 4.67. The lowest BCUT2D eigenvalue weighted by molar-refractivity contribution is 0.340. The van der Waals surface area contributed by atoms with Gasteiger partial charge in [0.2, 0.25) is 0 Å². The van der Waals surface area contributed by atoms with Gasteiger partial charge in [0.05, 0.1) is 6.61 Å². The molecule has 0 aliphatic carbocycles. The minimum absolute atomic E-state index is 0.198. The fourth-order valence-corrected chi connectivity index (χ4v) is 2.21. The fourth-order valence-electron chi connectivity index (χ4n) is 2.21. The highest BCUT2D eigenvalue weighted by Gasteiger charge is 2.10. The normalized spacial score (nSPS) is 12.2. The summed E-state index contributed by atoms with van der Waals surface area (Å²) < 4.78 is 18.4. The average molecular weight is 273 g/mol. The Morgan fingerprint density at radius 2 is 1.70 bits per heavy atom. The van der Waals surface area contributed by atoms with E-state index in [0.717, 1.165) is 17.7 Å². The molecule has 3 heteroatoms. The van der Waals surface area contributed by atoms with E-state index in [9.17, 15) is 4.39 Å². The van der Waals surface area contributed by atoms with Crippen LogP contribution in [0.2, 0.25) is 0 Å². The molecule has 2 aromatic rings. The molecule has 0 spiro atoms. The van der Waals surface area contributed by atoms with Crippen LogP contribution in [0.15, 0.2) is 48.5 Å². The molecule has 0 saturated carbocycles. The molecule has 0 saturated heterocycles. The van der Waals surface area contributed by atoms with Crippen molar-refractivity contribution >= 4 is 0 Å². The second-order valence-corrected chi connectivity index (χ2v) is 4.67. The lowest BCUT2D eigenvalue weighted by Gasteiger charge is -2.17. The Balaban J connectivity index is 2.09. The molecule has 0 aliphatic heterocycles. The van der Waals surface area contributed by atoms with Gasteiger partial charge in [0.1, 0.15) is 11.6 Å². The summed E-state index contributed by atoms with van der Waals surface area (Å²) in [7, 11) is 1.94. The first kappa shape index (κ1) is 14.5. The molecule has 20 heavy (non-hydrogen) atoms. The Morgan fingerprint density at radius 1 is 1.05 bits per heavy atom. The predicted octanol–water partition coefficient (Wildman–Crippen LogP) is 3.73. The van der Waals surface area contributed by atoms with Gasteiger partial charge >= 0.3 is 0 Å². The van der Waals surface area contributed by atoms with E-state index < -0.39 is 0 Å². The van der Waals surface area contributed by atoms with Crippen molar-refractivity contribution in [3.05, 3.63) is 65.5 Å². The van der Waals surface area contributed by atoms with Gasteiger partial charge in [-0.25, -0.2) is 4.39 Å². The molecule has 0 radical (unpaired) electrons.